The number of aryl methyl sites for hydroxylation is 1. The average molecular weight is 380 g/mol. The quantitative estimate of drug-likeness (QED) is 0.626. The van der Waals surface area contributed by atoms with Crippen molar-refractivity contribution in [2.45, 2.75) is 12.8 Å². The second-order valence-corrected chi connectivity index (χ2v) is 6.53. The van der Waals surface area contributed by atoms with E-state index in [2.05, 4.69) is 5.32 Å². The van der Waals surface area contributed by atoms with Gasteiger partial charge in [-0.05, 0) is 23.6 Å². The van der Waals surface area contributed by atoms with Crippen molar-refractivity contribution < 1.29 is 18.7 Å². The molecule has 0 saturated carbocycles. The maximum absolute atomic E-state index is 11.8. The normalized spacial score (nSPS) is 10.2. The highest BCUT2D eigenvalue weighted by Gasteiger charge is 2.12. The Bertz CT molecular complexity index is 969. The summed E-state index contributed by atoms with van der Waals surface area (Å²) in [6, 6.07) is 16.9. The highest BCUT2D eigenvalue weighted by atomic mass is 32.1. The van der Waals surface area contributed by atoms with E-state index < -0.39 is 18.5 Å². The molecule has 0 spiro atoms. The Hall–Kier alpha value is -3.37. The summed E-state index contributed by atoms with van der Waals surface area (Å²) in [5.41, 5.74) is 1.35. The number of thiophene rings is 1. The zero-order valence-corrected chi connectivity index (χ0v) is 15.1. The lowest BCUT2D eigenvalue weighted by molar-refractivity contribution is -0.147. The summed E-state index contributed by atoms with van der Waals surface area (Å²) in [6.07, 6.45) is 0.494. The van der Waals surface area contributed by atoms with Crippen molar-refractivity contribution in [2.24, 2.45) is 0 Å². The average Bonchev–Trinajstić information content (AvgIpc) is 3.34. The third-order valence-electron chi connectivity index (χ3n) is 3.70. The number of amides is 1. The molecule has 0 saturated heterocycles. The molecule has 0 radical (unpaired) electrons. The third-order valence-corrected chi connectivity index (χ3v) is 4.53. The maximum Gasteiger partial charge on any atom is 0.306 e. The fourth-order valence-electron chi connectivity index (χ4n) is 2.37. The van der Waals surface area contributed by atoms with E-state index in [4.69, 9.17) is 14.4 Å². The standard InChI is InChI=1S/C20H16N2O4S/c21-12-15-10-11-27-20(15)22-18(23)13-25-19(24)9-7-16-6-8-17(26-16)14-4-2-1-3-5-14/h1-6,8,10-11H,7,9,13H2,(H,22,23). The number of nitrogens with one attached hydrogen (secondary N) is 1. The van der Waals surface area contributed by atoms with Gasteiger partial charge in [-0.25, -0.2) is 0 Å². The molecule has 2 aromatic heterocycles. The Morgan fingerprint density at radius 3 is 2.74 bits per heavy atom. The lowest BCUT2D eigenvalue weighted by atomic mass is 10.2. The number of hydrogen-bond donors (Lipinski definition) is 1. The van der Waals surface area contributed by atoms with E-state index in [-0.39, 0.29) is 6.42 Å². The second kappa shape index (κ2) is 8.83. The summed E-state index contributed by atoms with van der Waals surface area (Å²) in [7, 11) is 0. The monoisotopic (exact) mass is 380 g/mol. The van der Waals surface area contributed by atoms with Crippen molar-refractivity contribution >= 4 is 28.2 Å². The molecule has 6 nitrogen and oxygen atoms in total. The van der Waals surface area contributed by atoms with Gasteiger partial charge in [0.15, 0.2) is 6.61 Å². The van der Waals surface area contributed by atoms with Gasteiger partial charge in [-0.15, -0.1) is 11.3 Å². The van der Waals surface area contributed by atoms with Crippen LogP contribution in [-0.4, -0.2) is 18.5 Å². The van der Waals surface area contributed by atoms with Crippen LogP contribution in [0.3, 0.4) is 0 Å². The first-order valence-corrected chi connectivity index (χ1v) is 9.11. The number of carbonyl (C=O) groups is 2. The molecule has 0 aliphatic heterocycles. The first-order valence-electron chi connectivity index (χ1n) is 8.23. The van der Waals surface area contributed by atoms with Gasteiger partial charge in [0.1, 0.15) is 22.6 Å². The molecule has 27 heavy (non-hydrogen) atoms. The van der Waals surface area contributed by atoms with Gasteiger partial charge in [0.25, 0.3) is 5.91 Å². The van der Waals surface area contributed by atoms with Crippen LogP contribution < -0.4 is 5.32 Å². The summed E-state index contributed by atoms with van der Waals surface area (Å²) in [5, 5.41) is 13.6. The van der Waals surface area contributed by atoms with Crippen LogP contribution in [0.1, 0.15) is 17.7 Å². The van der Waals surface area contributed by atoms with E-state index >= 15 is 0 Å². The summed E-state index contributed by atoms with van der Waals surface area (Å²) in [6.45, 7) is -0.394. The van der Waals surface area contributed by atoms with Crippen molar-refractivity contribution in [1.29, 1.82) is 5.26 Å². The van der Waals surface area contributed by atoms with Gasteiger partial charge < -0.3 is 14.5 Å². The summed E-state index contributed by atoms with van der Waals surface area (Å²) in [5.74, 6) is 0.441. The van der Waals surface area contributed by atoms with Crippen LogP contribution in [0.25, 0.3) is 11.3 Å². The van der Waals surface area contributed by atoms with Gasteiger partial charge >= 0.3 is 5.97 Å². The van der Waals surface area contributed by atoms with Crippen LogP contribution >= 0.6 is 11.3 Å². The Kier molecular flexibility index (Phi) is 6.02. The number of rotatable bonds is 7. The van der Waals surface area contributed by atoms with Crippen LogP contribution in [0, 0.1) is 11.3 Å². The van der Waals surface area contributed by atoms with Crippen LogP contribution in [-0.2, 0) is 20.7 Å². The molecular formula is C20H16N2O4S. The molecule has 0 unspecified atom stereocenters. The van der Waals surface area contributed by atoms with Crippen molar-refractivity contribution in [3.05, 3.63) is 65.2 Å². The first-order chi connectivity index (χ1) is 13.2. The lowest BCUT2D eigenvalue weighted by Crippen LogP contribution is -2.20. The van der Waals surface area contributed by atoms with Gasteiger partial charge in [0.2, 0.25) is 0 Å². The summed E-state index contributed by atoms with van der Waals surface area (Å²) in [4.78, 5) is 23.6. The number of hydrogen-bond acceptors (Lipinski definition) is 6. The third kappa shape index (κ3) is 5.06. The van der Waals surface area contributed by atoms with Crippen LogP contribution in [0.2, 0.25) is 0 Å². The minimum Gasteiger partial charge on any atom is -0.461 e. The number of anilines is 1. The molecule has 0 bridgehead atoms. The number of nitriles is 1. The minimum atomic E-state index is -0.491. The predicted octanol–water partition coefficient (Wildman–Crippen LogP) is 3.99. The zero-order chi connectivity index (χ0) is 19.1. The van der Waals surface area contributed by atoms with Crippen molar-refractivity contribution in [3.8, 4) is 17.4 Å². The number of ether oxygens (including phenoxy) is 1. The molecule has 0 atom stereocenters. The second-order valence-electron chi connectivity index (χ2n) is 5.62. The number of nitrogens with zero attached hydrogens (tertiary/aromatic N) is 1. The zero-order valence-electron chi connectivity index (χ0n) is 14.3. The molecule has 3 rings (SSSR count). The molecule has 7 heteroatoms. The Labute approximate surface area is 160 Å². The van der Waals surface area contributed by atoms with Gasteiger partial charge in [-0.3, -0.25) is 9.59 Å². The minimum absolute atomic E-state index is 0.109. The molecular weight excluding hydrogens is 364 g/mol. The van der Waals surface area contributed by atoms with Gasteiger partial charge in [-0.2, -0.15) is 5.26 Å². The molecule has 3 aromatic rings. The Balaban J connectivity index is 1.43. The van der Waals surface area contributed by atoms with E-state index in [0.29, 0.717) is 22.7 Å². The van der Waals surface area contributed by atoms with E-state index in [0.717, 1.165) is 11.3 Å². The van der Waals surface area contributed by atoms with E-state index in [9.17, 15) is 9.59 Å². The number of furan rings is 1. The van der Waals surface area contributed by atoms with E-state index in [1.54, 1.807) is 11.4 Å². The maximum atomic E-state index is 11.8. The van der Waals surface area contributed by atoms with Gasteiger partial charge in [0.05, 0.1) is 12.0 Å². The lowest BCUT2D eigenvalue weighted by Gasteiger charge is -2.05. The smallest absolute Gasteiger partial charge is 0.306 e. The fourth-order valence-corrected chi connectivity index (χ4v) is 3.12. The van der Waals surface area contributed by atoms with Crippen LogP contribution in [0.15, 0.2) is 58.3 Å². The number of benzene rings is 1. The number of esters is 1. The summed E-state index contributed by atoms with van der Waals surface area (Å²) >= 11 is 1.24. The molecule has 1 N–H and O–H groups in total. The topological polar surface area (TPSA) is 92.3 Å². The van der Waals surface area contributed by atoms with Crippen molar-refractivity contribution in [3.63, 3.8) is 0 Å². The molecule has 0 aliphatic rings. The summed E-state index contributed by atoms with van der Waals surface area (Å²) < 4.78 is 10.7. The largest absolute Gasteiger partial charge is 0.461 e. The van der Waals surface area contributed by atoms with Crippen molar-refractivity contribution in [1.82, 2.24) is 0 Å². The Morgan fingerprint density at radius 2 is 1.96 bits per heavy atom. The molecule has 0 fully saturated rings. The molecule has 1 aromatic carbocycles. The van der Waals surface area contributed by atoms with E-state index in [1.165, 1.54) is 11.3 Å². The SMILES string of the molecule is N#Cc1ccsc1NC(=O)COC(=O)CCc1ccc(-c2ccccc2)o1. The van der Waals surface area contributed by atoms with Crippen LogP contribution in [0.4, 0.5) is 5.00 Å². The fraction of sp³-hybridized carbons (Fsp3) is 0.150. The van der Waals surface area contributed by atoms with Gasteiger partial charge in [0, 0.05) is 12.0 Å². The van der Waals surface area contributed by atoms with Crippen LogP contribution in [0.5, 0.6) is 0 Å². The molecule has 0 aliphatic carbocycles. The molecule has 2 heterocycles. The molecule has 1 amide bonds. The number of carbonyl (C=O) groups excluding carboxylic acids is 2. The first kappa shape index (κ1) is 18.4. The highest BCUT2D eigenvalue weighted by molar-refractivity contribution is 7.14. The van der Waals surface area contributed by atoms with Gasteiger partial charge in [-0.1, -0.05) is 30.3 Å². The Morgan fingerprint density at radius 1 is 1.15 bits per heavy atom. The molecule has 136 valence electrons. The van der Waals surface area contributed by atoms with Crippen molar-refractivity contribution in [2.75, 3.05) is 11.9 Å². The highest BCUT2D eigenvalue weighted by Crippen LogP contribution is 2.23. The van der Waals surface area contributed by atoms with E-state index in [1.807, 2.05) is 48.5 Å². The predicted molar refractivity (Wildman–Crippen MR) is 101 cm³/mol.